The Morgan fingerprint density at radius 3 is 2.94 bits per heavy atom. The first-order valence-corrected chi connectivity index (χ1v) is 7.05. The Balaban J connectivity index is 2.24. The van der Waals surface area contributed by atoms with Crippen LogP contribution in [-0.2, 0) is 6.42 Å². The van der Waals surface area contributed by atoms with Gasteiger partial charge < -0.3 is 5.32 Å². The van der Waals surface area contributed by atoms with Crippen molar-refractivity contribution in [3.63, 3.8) is 0 Å². The number of thioether (sulfide) groups is 1. The van der Waals surface area contributed by atoms with Gasteiger partial charge in [0, 0.05) is 18.8 Å². The Morgan fingerprint density at radius 1 is 1.44 bits per heavy atom. The highest BCUT2D eigenvalue weighted by Crippen LogP contribution is 2.36. The molecule has 1 saturated heterocycles. The number of aryl methyl sites for hydroxylation is 1. The third kappa shape index (κ3) is 2.67. The fourth-order valence-electron chi connectivity index (χ4n) is 1.92. The van der Waals surface area contributed by atoms with Gasteiger partial charge in [-0.2, -0.15) is 11.8 Å². The molecule has 0 amide bonds. The van der Waals surface area contributed by atoms with E-state index in [2.05, 4.69) is 22.2 Å². The SMILES string of the molecule is CCc1cc(NC)nc(C2CCCCS2)n1. The molecular formula is C12H19N3S. The van der Waals surface area contributed by atoms with E-state index in [1.165, 1.54) is 25.0 Å². The van der Waals surface area contributed by atoms with Crippen molar-refractivity contribution < 1.29 is 0 Å². The summed E-state index contributed by atoms with van der Waals surface area (Å²) in [7, 11) is 1.92. The summed E-state index contributed by atoms with van der Waals surface area (Å²) in [5, 5.41) is 3.63. The van der Waals surface area contributed by atoms with Crippen molar-refractivity contribution in [3.05, 3.63) is 17.6 Å². The highest BCUT2D eigenvalue weighted by atomic mass is 32.2. The maximum Gasteiger partial charge on any atom is 0.143 e. The minimum absolute atomic E-state index is 0.507. The van der Waals surface area contributed by atoms with E-state index >= 15 is 0 Å². The summed E-state index contributed by atoms with van der Waals surface area (Å²) in [4.78, 5) is 9.23. The number of hydrogen-bond donors (Lipinski definition) is 1. The Hall–Kier alpha value is -0.770. The van der Waals surface area contributed by atoms with Crippen LogP contribution in [0.1, 0.15) is 43.0 Å². The minimum Gasteiger partial charge on any atom is -0.373 e. The van der Waals surface area contributed by atoms with Gasteiger partial charge in [-0.05, 0) is 25.0 Å². The summed E-state index contributed by atoms with van der Waals surface area (Å²) in [6.07, 6.45) is 4.85. The molecule has 1 aromatic heterocycles. The monoisotopic (exact) mass is 237 g/mol. The van der Waals surface area contributed by atoms with Crippen LogP contribution in [0.5, 0.6) is 0 Å². The standard InChI is InChI=1S/C12H19N3S/c1-3-9-8-11(13-2)15-12(14-9)10-6-4-5-7-16-10/h8,10H,3-7H2,1-2H3,(H,13,14,15). The summed E-state index contributed by atoms with van der Waals surface area (Å²) in [6.45, 7) is 2.14. The van der Waals surface area contributed by atoms with Crippen molar-refractivity contribution in [2.24, 2.45) is 0 Å². The van der Waals surface area contributed by atoms with Gasteiger partial charge in [0.2, 0.25) is 0 Å². The second-order valence-corrected chi connectivity index (χ2v) is 5.37. The first-order valence-electron chi connectivity index (χ1n) is 6.00. The zero-order chi connectivity index (χ0) is 11.4. The van der Waals surface area contributed by atoms with Crippen LogP contribution in [0.4, 0.5) is 5.82 Å². The highest BCUT2D eigenvalue weighted by Gasteiger charge is 2.19. The molecule has 0 saturated carbocycles. The molecular weight excluding hydrogens is 218 g/mol. The van der Waals surface area contributed by atoms with Crippen molar-refractivity contribution in [1.82, 2.24) is 9.97 Å². The van der Waals surface area contributed by atoms with Gasteiger partial charge in [-0.15, -0.1) is 0 Å². The van der Waals surface area contributed by atoms with E-state index in [9.17, 15) is 0 Å². The first kappa shape index (κ1) is 11.7. The second-order valence-electron chi connectivity index (χ2n) is 4.06. The molecule has 4 heteroatoms. The third-order valence-corrected chi connectivity index (χ3v) is 4.26. The molecule has 0 radical (unpaired) electrons. The van der Waals surface area contributed by atoms with Crippen molar-refractivity contribution in [3.8, 4) is 0 Å². The molecule has 1 unspecified atom stereocenters. The summed E-state index contributed by atoms with van der Waals surface area (Å²) < 4.78 is 0. The van der Waals surface area contributed by atoms with E-state index in [0.29, 0.717) is 5.25 Å². The van der Waals surface area contributed by atoms with Crippen molar-refractivity contribution >= 4 is 17.6 Å². The molecule has 16 heavy (non-hydrogen) atoms. The number of nitrogens with zero attached hydrogens (tertiary/aromatic N) is 2. The molecule has 1 atom stereocenters. The predicted molar refractivity (Wildman–Crippen MR) is 70.0 cm³/mol. The molecule has 0 spiro atoms. The van der Waals surface area contributed by atoms with E-state index in [4.69, 9.17) is 0 Å². The normalized spacial score (nSPS) is 20.8. The van der Waals surface area contributed by atoms with Gasteiger partial charge in [0.15, 0.2) is 0 Å². The van der Waals surface area contributed by atoms with E-state index < -0.39 is 0 Å². The Morgan fingerprint density at radius 2 is 2.31 bits per heavy atom. The van der Waals surface area contributed by atoms with Gasteiger partial charge in [-0.3, -0.25) is 0 Å². The minimum atomic E-state index is 0.507. The van der Waals surface area contributed by atoms with Gasteiger partial charge in [-0.25, -0.2) is 9.97 Å². The Labute approximate surface area is 101 Å². The molecule has 88 valence electrons. The molecule has 3 nitrogen and oxygen atoms in total. The number of anilines is 1. The molecule has 2 rings (SSSR count). The molecule has 1 N–H and O–H groups in total. The summed E-state index contributed by atoms with van der Waals surface area (Å²) in [6, 6.07) is 2.04. The highest BCUT2D eigenvalue weighted by molar-refractivity contribution is 7.99. The van der Waals surface area contributed by atoms with Gasteiger partial charge >= 0.3 is 0 Å². The van der Waals surface area contributed by atoms with Gasteiger partial charge in [-0.1, -0.05) is 13.3 Å². The van der Waals surface area contributed by atoms with Crippen LogP contribution in [0.2, 0.25) is 0 Å². The lowest BCUT2D eigenvalue weighted by Gasteiger charge is -2.20. The summed E-state index contributed by atoms with van der Waals surface area (Å²) in [5.74, 6) is 3.22. The summed E-state index contributed by atoms with van der Waals surface area (Å²) >= 11 is 2.00. The van der Waals surface area contributed by atoms with Crippen molar-refractivity contribution in [2.75, 3.05) is 18.1 Å². The van der Waals surface area contributed by atoms with E-state index in [0.717, 1.165) is 23.8 Å². The number of aromatic nitrogens is 2. The van der Waals surface area contributed by atoms with Crippen LogP contribution in [0.15, 0.2) is 6.07 Å². The quantitative estimate of drug-likeness (QED) is 0.877. The zero-order valence-electron chi connectivity index (χ0n) is 9.99. The molecule has 0 aliphatic carbocycles. The predicted octanol–water partition coefficient (Wildman–Crippen LogP) is 3.04. The molecule has 1 aliphatic heterocycles. The van der Waals surface area contributed by atoms with E-state index in [1.807, 2.05) is 24.9 Å². The lowest BCUT2D eigenvalue weighted by Crippen LogP contribution is -2.09. The molecule has 0 bridgehead atoms. The maximum absolute atomic E-state index is 4.65. The maximum atomic E-state index is 4.65. The Kier molecular flexibility index (Phi) is 4.04. The Bertz CT molecular complexity index is 326. The zero-order valence-corrected chi connectivity index (χ0v) is 10.8. The van der Waals surface area contributed by atoms with Gasteiger partial charge in [0.1, 0.15) is 11.6 Å². The fourth-order valence-corrected chi connectivity index (χ4v) is 3.16. The number of hydrogen-bond acceptors (Lipinski definition) is 4. The largest absolute Gasteiger partial charge is 0.373 e. The smallest absolute Gasteiger partial charge is 0.143 e. The van der Waals surface area contributed by atoms with Gasteiger partial charge in [0.25, 0.3) is 0 Å². The average molecular weight is 237 g/mol. The molecule has 2 heterocycles. The third-order valence-electron chi connectivity index (χ3n) is 2.88. The van der Waals surface area contributed by atoms with E-state index in [-0.39, 0.29) is 0 Å². The van der Waals surface area contributed by atoms with Crippen LogP contribution in [0, 0.1) is 0 Å². The van der Waals surface area contributed by atoms with Crippen LogP contribution in [-0.4, -0.2) is 22.8 Å². The lowest BCUT2D eigenvalue weighted by molar-refractivity contribution is 0.659. The molecule has 1 aliphatic rings. The van der Waals surface area contributed by atoms with Crippen LogP contribution in [0.3, 0.4) is 0 Å². The van der Waals surface area contributed by atoms with E-state index in [1.54, 1.807) is 0 Å². The topological polar surface area (TPSA) is 37.8 Å². The van der Waals surface area contributed by atoms with Crippen molar-refractivity contribution in [2.45, 2.75) is 37.9 Å². The summed E-state index contributed by atoms with van der Waals surface area (Å²) in [5.41, 5.74) is 1.14. The molecule has 1 fully saturated rings. The lowest BCUT2D eigenvalue weighted by atomic mass is 10.1. The fraction of sp³-hybridized carbons (Fsp3) is 0.667. The van der Waals surface area contributed by atoms with Crippen LogP contribution >= 0.6 is 11.8 Å². The average Bonchev–Trinajstić information content (AvgIpc) is 2.39. The second kappa shape index (κ2) is 5.53. The first-order chi connectivity index (χ1) is 7.83. The molecule has 1 aromatic rings. The van der Waals surface area contributed by atoms with Crippen LogP contribution < -0.4 is 5.32 Å². The van der Waals surface area contributed by atoms with Crippen molar-refractivity contribution in [1.29, 1.82) is 0 Å². The van der Waals surface area contributed by atoms with Gasteiger partial charge in [0.05, 0.1) is 5.25 Å². The number of rotatable bonds is 3. The van der Waals surface area contributed by atoms with Crippen LogP contribution in [0.25, 0.3) is 0 Å². The molecule has 0 aromatic carbocycles. The number of nitrogens with one attached hydrogen (secondary N) is 1.